The number of sulfonamides is 1. The van der Waals surface area contributed by atoms with Crippen LogP contribution in [0.25, 0.3) is 0 Å². The van der Waals surface area contributed by atoms with Crippen molar-refractivity contribution in [2.45, 2.75) is 30.8 Å². The molecule has 2 rings (SSSR count). The minimum absolute atomic E-state index is 0. The highest BCUT2D eigenvalue weighted by Crippen LogP contribution is 2.21. The molecule has 0 aliphatic rings. The Labute approximate surface area is 160 Å². The van der Waals surface area contributed by atoms with Gasteiger partial charge >= 0.3 is 0 Å². The predicted molar refractivity (Wildman–Crippen MR) is 104 cm³/mol. The van der Waals surface area contributed by atoms with Gasteiger partial charge in [-0.2, -0.15) is 0 Å². The van der Waals surface area contributed by atoms with Gasteiger partial charge in [-0.15, -0.1) is 12.4 Å². The summed E-state index contributed by atoms with van der Waals surface area (Å²) < 4.78 is 22.6. The van der Waals surface area contributed by atoms with Crippen LogP contribution in [0.4, 0.5) is 0 Å². The van der Waals surface area contributed by atoms with Crippen LogP contribution >= 0.6 is 12.4 Å². The number of nitrogens with one attached hydrogen (secondary N) is 1. The Hall–Kier alpha value is -1.93. The summed E-state index contributed by atoms with van der Waals surface area (Å²) in [5, 5.41) is 7.99. The summed E-state index contributed by atoms with van der Waals surface area (Å²) in [6.45, 7) is 3.61. The van der Waals surface area contributed by atoms with Gasteiger partial charge in [0, 0.05) is 6.04 Å². The summed E-state index contributed by atoms with van der Waals surface area (Å²) in [6, 6.07) is 14.9. The van der Waals surface area contributed by atoms with Crippen LogP contribution in [0, 0.1) is 5.92 Å². The number of nitrogens with two attached hydrogens (primary N) is 2. The number of carbonyl (C=O) groups excluding carboxylic acids is 1. The van der Waals surface area contributed by atoms with Gasteiger partial charge in [-0.25, -0.2) is 13.6 Å². The zero-order valence-corrected chi connectivity index (χ0v) is 16.3. The van der Waals surface area contributed by atoms with Gasteiger partial charge in [0.15, 0.2) is 0 Å². The summed E-state index contributed by atoms with van der Waals surface area (Å²) in [5.74, 6) is -0.576. The summed E-state index contributed by atoms with van der Waals surface area (Å²) in [6.07, 6.45) is 0. The fourth-order valence-corrected chi connectivity index (χ4v) is 3.02. The first kappa shape index (κ1) is 22.1. The number of benzene rings is 2. The van der Waals surface area contributed by atoms with Crippen molar-refractivity contribution in [2.24, 2.45) is 16.8 Å². The zero-order chi connectivity index (χ0) is 18.6. The second kappa shape index (κ2) is 9.14. The van der Waals surface area contributed by atoms with Crippen molar-refractivity contribution in [1.29, 1.82) is 0 Å². The first-order valence-corrected chi connectivity index (χ1v) is 9.48. The molecule has 8 heteroatoms. The summed E-state index contributed by atoms with van der Waals surface area (Å²) in [4.78, 5) is 12.5. The Balaban J connectivity index is 0.00000338. The van der Waals surface area contributed by atoms with Crippen LogP contribution in [0.2, 0.25) is 0 Å². The number of amides is 1. The number of hydrogen-bond acceptors (Lipinski definition) is 4. The maximum Gasteiger partial charge on any atom is 0.238 e. The lowest BCUT2D eigenvalue weighted by Gasteiger charge is -2.22. The van der Waals surface area contributed by atoms with E-state index in [1.54, 1.807) is 19.1 Å². The molecule has 0 aliphatic heterocycles. The van der Waals surface area contributed by atoms with E-state index in [1.807, 2.05) is 37.3 Å². The van der Waals surface area contributed by atoms with E-state index in [0.717, 1.165) is 11.1 Å². The molecule has 0 aromatic heterocycles. The highest BCUT2D eigenvalue weighted by Gasteiger charge is 2.23. The number of halogens is 1. The molecular formula is C18H24ClN3O3S. The molecule has 0 spiro atoms. The maximum atomic E-state index is 12.5. The van der Waals surface area contributed by atoms with Crippen molar-refractivity contribution in [1.82, 2.24) is 5.32 Å². The molecule has 26 heavy (non-hydrogen) atoms. The van der Waals surface area contributed by atoms with Gasteiger partial charge in [-0.3, -0.25) is 4.79 Å². The molecule has 3 atom stereocenters. The van der Waals surface area contributed by atoms with Gasteiger partial charge in [0.1, 0.15) is 0 Å². The van der Waals surface area contributed by atoms with Crippen molar-refractivity contribution in [3.63, 3.8) is 0 Å². The summed E-state index contributed by atoms with van der Waals surface area (Å²) in [5.41, 5.74) is 7.86. The molecule has 0 aliphatic carbocycles. The lowest BCUT2D eigenvalue weighted by Crippen LogP contribution is -2.36. The monoisotopic (exact) mass is 397 g/mol. The quantitative estimate of drug-likeness (QED) is 0.693. The van der Waals surface area contributed by atoms with E-state index in [2.05, 4.69) is 5.32 Å². The van der Waals surface area contributed by atoms with Gasteiger partial charge in [0.05, 0.1) is 16.9 Å². The van der Waals surface area contributed by atoms with Gasteiger partial charge in [-0.05, 0) is 30.2 Å². The number of rotatable bonds is 6. The van der Waals surface area contributed by atoms with Crippen LogP contribution in [-0.4, -0.2) is 14.3 Å². The lowest BCUT2D eigenvalue weighted by molar-refractivity contribution is -0.125. The Morgan fingerprint density at radius 3 is 2.00 bits per heavy atom. The van der Waals surface area contributed by atoms with E-state index in [-0.39, 0.29) is 29.3 Å². The van der Waals surface area contributed by atoms with Crippen molar-refractivity contribution in [3.8, 4) is 0 Å². The van der Waals surface area contributed by atoms with Gasteiger partial charge < -0.3 is 11.1 Å². The minimum atomic E-state index is -3.73. The largest absolute Gasteiger partial charge is 0.349 e. The molecule has 0 saturated carbocycles. The molecule has 2 aromatic carbocycles. The molecule has 6 nitrogen and oxygen atoms in total. The maximum absolute atomic E-state index is 12.5. The fourth-order valence-electron chi connectivity index (χ4n) is 2.50. The lowest BCUT2D eigenvalue weighted by atomic mass is 9.94. The van der Waals surface area contributed by atoms with Crippen LogP contribution in [0.15, 0.2) is 59.5 Å². The molecule has 0 bridgehead atoms. The SMILES string of the molecule is CC(NC(=O)C(C)C(N)c1ccccc1)c1ccc(S(N)(=O)=O)cc1.Cl. The number of hydrogen-bond donors (Lipinski definition) is 3. The van der Waals surface area contributed by atoms with Crippen LogP contribution < -0.4 is 16.2 Å². The third-order valence-corrected chi connectivity index (χ3v) is 5.13. The molecular weight excluding hydrogens is 374 g/mol. The summed E-state index contributed by atoms with van der Waals surface area (Å²) >= 11 is 0. The normalized spacial score (nSPS) is 14.6. The zero-order valence-electron chi connectivity index (χ0n) is 14.6. The topological polar surface area (TPSA) is 115 Å². The van der Waals surface area contributed by atoms with E-state index in [0.29, 0.717) is 0 Å². The Bertz CT molecular complexity index is 827. The molecule has 0 fully saturated rings. The number of carbonyl (C=O) groups is 1. The number of primary sulfonamides is 1. The predicted octanol–water partition coefficient (Wildman–Crippen LogP) is 2.27. The third-order valence-electron chi connectivity index (χ3n) is 4.20. The first-order valence-electron chi connectivity index (χ1n) is 7.94. The van der Waals surface area contributed by atoms with Gasteiger partial charge in [0.2, 0.25) is 15.9 Å². The van der Waals surface area contributed by atoms with Crippen molar-refractivity contribution in [2.75, 3.05) is 0 Å². The summed E-state index contributed by atoms with van der Waals surface area (Å²) in [7, 11) is -3.73. The molecule has 3 unspecified atom stereocenters. The van der Waals surface area contributed by atoms with E-state index in [9.17, 15) is 13.2 Å². The van der Waals surface area contributed by atoms with E-state index < -0.39 is 22.0 Å². The van der Waals surface area contributed by atoms with Crippen molar-refractivity contribution >= 4 is 28.3 Å². The van der Waals surface area contributed by atoms with Gasteiger partial charge in [0.25, 0.3) is 0 Å². The van der Waals surface area contributed by atoms with E-state index >= 15 is 0 Å². The first-order chi connectivity index (χ1) is 11.7. The van der Waals surface area contributed by atoms with E-state index in [1.165, 1.54) is 12.1 Å². The molecule has 1 amide bonds. The van der Waals surface area contributed by atoms with Crippen LogP contribution in [0.3, 0.4) is 0 Å². The highest BCUT2D eigenvalue weighted by molar-refractivity contribution is 7.89. The molecule has 5 N–H and O–H groups in total. The Morgan fingerprint density at radius 1 is 0.962 bits per heavy atom. The highest BCUT2D eigenvalue weighted by atomic mass is 35.5. The third kappa shape index (κ3) is 5.54. The van der Waals surface area contributed by atoms with Crippen LogP contribution in [0.5, 0.6) is 0 Å². The molecule has 0 saturated heterocycles. The van der Waals surface area contributed by atoms with Crippen LogP contribution in [0.1, 0.15) is 37.1 Å². The van der Waals surface area contributed by atoms with Crippen LogP contribution in [-0.2, 0) is 14.8 Å². The van der Waals surface area contributed by atoms with E-state index in [4.69, 9.17) is 10.9 Å². The molecule has 142 valence electrons. The second-order valence-electron chi connectivity index (χ2n) is 6.07. The Kier molecular flexibility index (Phi) is 7.77. The van der Waals surface area contributed by atoms with Crippen molar-refractivity contribution in [3.05, 3.63) is 65.7 Å². The van der Waals surface area contributed by atoms with Crippen molar-refractivity contribution < 1.29 is 13.2 Å². The van der Waals surface area contributed by atoms with Gasteiger partial charge in [-0.1, -0.05) is 49.4 Å². The second-order valence-corrected chi connectivity index (χ2v) is 7.63. The molecule has 0 heterocycles. The molecule has 2 aromatic rings. The fraction of sp³-hybridized carbons (Fsp3) is 0.278. The Morgan fingerprint density at radius 2 is 1.50 bits per heavy atom. The average molecular weight is 398 g/mol. The molecule has 0 radical (unpaired) electrons. The minimum Gasteiger partial charge on any atom is -0.349 e. The standard InChI is InChI=1S/C18H23N3O3S.ClH/c1-12(17(19)15-6-4-3-5-7-15)18(22)21-13(2)14-8-10-16(11-9-14)25(20,23)24;/h3-13,17H,19H2,1-2H3,(H,21,22)(H2,20,23,24);1H. The smallest absolute Gasteiger partial charge is 0.238 e. The average Bonchev–Trinajstić information content (AvgIpc) is 2.60.